The lowest BCUT2D eigenvalue weighted by Gasteiger charge is -2.07. The van der Waals surface area contributed by atoms with Crippen molar-refractivity contribution in [2.24, 2.45) is 5.14 Å². The van der Waals surface area contributed by atoms with Gasteiger partial charge in [-0.2, -0.15) is 0 Å². The topological polar surface area (TPSA) is 60.2 Å². The summed E-state index contributed by atoms with van der Waals surface area (Å²) < 4.78 is 22.8. The first-order valence-corrected chi connectivity index (χ1v) is 6.31. The molecule has 0 aliphatic heterocycles. The Bertz CT molecular complexity index is 592. The van der Waals surface area contributed by atoms with Crippen molar-refractivity contribution in [1.29, 1.82) is 0 Å². The third kappa shape index (κ3) is 2.93. The summed E-state index contributed by atoms with van der Waals surface area (Å²) in [5, 5.41) is 5.17. The predicted octanol–water partition coefficient (Wildman–Crippen LogP) is 2.64. The minimum absolute atomic E-state index is 0. The molecule has 0 amide bonds. The van der Waals surface area contributed by atoms with Crippen LogP contribution in [0, 0.1) is 0 Å². The van der Waals surface area contributed by atoms with E-state index in [0.717, 1.165) is 5.56 Å². The minimum Gasteiger partial charge on any atom is -0.225 e. The van der Waals surface area contributed by atoms with Crippen LogP contribution in [0.2, 0.25) is 0 Å². The van der Waals surface area contributed by atoms with Gasteiger partial charge in [0.25, 0.3) is 0 Å². The number of rotatable bonds is 2. The van der Waals surface area contributed by atoms with Crippen LogP contribution in [-0.4, -0.2) is 8.42 Å². The highest BCUT2D eigenvalue weighted by Gasteiger charge is 2.13. The number of hydrogen-bond donors (Lipinski definition) is 1. The van der Waals surface area contributed by atoms with Crippen molar-refractivity contribution in [3.8, 4) is 11.1 Å². The summed E-state index contributed by atoms with van der Waals surface area (Å²) >= 11 is 0. The van der Waals surface area contributed by atoms with Crippen LogP contribution < -0.4 is 5.14 Å². The van der Waals surface area contributed by atoms with Crippen molar-refractivity contribution in [2.45, 2.75) is 12.3 Å². The largest absolute Gasteiger partial charge is 0.238 e. The molecule has 0 unspecified atom stereocenters. The van der Waals surface area contributed by atoms with E-state index < -0.39 is 10.0 Å². The SMILES string of the molecule is C.NS(=O)(=O)c1ccccc1-c1ccccc1. The molecule has 2 aromatic rings. The summed E-state index contributed by atoms with van der Waals surface area (Å²) in [4.78, 5) is 0.154. The quantitative estimate of drug-likeness (QED) is 0.889. The Morgan fingerprint density at radius 1 is 0.824 bits per heavy atom. The first-order chi connectivity index (χ1) is 7.59. The molecule has 2 rings (SSSR count). The van der Waals surface area contributed by atoms with Crippen molar-refractivity contribution in [3.05, 3.63) is 54.6 Å². The molecule has 3 nitrogen and oxygen atoms in total. The first-order valence-electron chi connectivity index (χ1n) is 4.76. The van der Waals surface area contributed by atoms with Crippen molar-refractivity contribution >= 4 is 10.0 Å². The van der Waals surface area contributed by atoms with Crippen molar-refractivity contribution in [1.82, 2.24) is 0 Å². The zero-order valence-corrected chi connectivity index (χ0v) is 9.31. The average Bonchev–Trinajstić information content (AvgIpc) is 2.29. The molecular weight excluding hydrogens is 234 g/mol. The molecule has 0 bridgehead atoms. The van der Waals surface area contributed by atoms with Crippen molar-refractivity contribution in [3.63, 3.8) is 0 Å². The Balaban J connectivity index is 0.00000144. The Morgan fingerprint density at radius 3 is 1.94 bits per heavy atom. The summed E-state index contributed by atoms with van der Waals surface area (Å²) in [6.07, 6.45) is 0. The van der Waals surface area contributed by atoms with Gasteiger partial charge < -0.3 is 0 Å². The highest BCUT2D eigenvalue weighted by molar-refractivity contribution is 7.89. The molecule has 0 aromatic heterocycles. The summed E-state index contributed by atoms with van der Waals surface area (Å²) in [6, 6.07) is 16.0. The summed E-state index contributed by atoms with van der Waals surface area (Å²) in [5.74, 6) is 0. The van der Waals surface area contributed by atoms with Gasteiger partial charge in [0.05, 0.1) is 4.90 Å². The van der Waals surface area contributed by atoms with E-state index in [2.05, 4.69) is 0 Å². The van der Waals surface area contributed by atoms with E-state index in [1.165, 1.54) is 6.07 Å². The fourth-order valence-electron chi connectivity index (χ4n) is 1.57. The fourth-order valence-corrected chi connectivity index (χ4v) is 2.33. The van der Waals surface area contributed by atoms with E-state index >= 15 is 0 Å². The zero-order valence-electron chi connectivity index (χ0n) is 8.50. The molecule has 90 valence electrons. The highest BCUT2D eigenvalue weighted by Crippen LogP contribution is 2.25. The smallest absolute Gasteiger partial charge is 0.225 e. The molecule has 0 saturated heterocycles. The van der Waals surface area contributed by atoms with E-state index in [9.17, 15) is 8.42 Å². The molecule has 2 aromatic carbocycles. The van der Waals surface area contributed by atoms with Crippen LogP contribution in [0.1, 0.15) is 7.43 Å². The van der Waals surface area contributed by atoms with Gasteiger partial charge in [-0.1, -0.05) is 56.0 Å². The molecular formula is C13H15NO2S. The van der Waals surface area contributed by atoms with Gasteiger partial charge in [-0.3, -0.25) is 0 Å². The molecule has 0 aliphatic carbocycles. The predicted molar refractivity (Wildman–Crippen MR) is 70.0 cm³/mol. The second kappa shape index (κ2) is 5.12. The van der Waals surface area contributed by atoms with Crippen molar-refractivity contribution < 1.29 is 8.42 Å². The summed E-state index contributed by atoms with van der Waals surface area (Å²) in [5.41, 5.74) is 1.47. The van der Waals surface area contributed by atoms with Gasteiger partial charge in [-0.05, 0) is 11.6 Å². The summed E-state index contributed by atoms with van der Waals surface area (Å²) in [7, 11) is -3.68. The van der Waals surface area contributed by atoms with Crippen LogP contribution in [-0.2, 0) is 10.0 Å². The lowest BCUT2D eigenvalue weighted by Crippen LogP contribution is -2.13. The van der Waals surface area contributed by atoms with Crippen LogP contribution in [0.4, 0.5) is 0 Å². The lowest BCUT2D eigenvalue weighted by molar-refractivity contribution is 0.598. The third-order valence-electron chi connectivity index (χ3n) is 2.28. The van der Waals surface area contributed by atoms with Gasteiger partial charge in [0.2, 0.25) is 10.0 Å². The Morgan fingerprint density at radius 2 is 1.35 bits per heavy atom. The van der Waals surface area contributed by atoms with Gasteiger partial charge in [0.1, 0.15) is 0 Å². The van der Waals surface area contributed by atoms with E-state index in [4.69, 9.17) is 5.14 Å². The average molecular weight is 249 g/mol. The fraction of sp³-hybridized carbons (Fsp3) is 0.0769. The first kappa shape index (κ1) is 13.4. The van der Waals surface area contributed by atoms with Gasteiger partial charge in [-0.15, -0.1) is 0 Å². The molecule has 17 heavy (non-hydrogen) atoms. The molecule has 0 fully saturated rings. The Hall–Kier alpha value is -1.65. The van der Waals surface area contributed by atoms with Crippen LogP contribution in [0.3, 0.4) is 0 Å². The summed E-state index contributed by atoms with van der Waals surface area (Å²) in [6.45, 7) is 0. The van der Waals surface area contributed by atoms with Crippen LogP contribution in [0.25, 0.3) is 11.1 Å². The van der Waals surface area contributed by atoms with E-state index in [1.54, 1.807) is 18.2 Å². The normalized spacial score (nSPS) is 10.6. The highest BCUT2D eigenvalue weighted by atomic mass is 32.2. The van der Waals surface area contributed by atoms with Crippen molar-refractivity contribution in [2.75, 3.05) is 0 Å². The number of primary sulfonamides is 1. The van der Waals surface area contributed by atoms with E-state index in [0.29, 0.717) is 5.56 Å². The van der Waals surface area contributed by atoms with Gasteiger partial charge in [-0.25, -0.2) is 13.6 Å². The Kier molecular flexibility index (Phi) is 4.04. The standard InChI is InChI=1S/C12H11NO2S.CH4/c13-16(14,15)12-9-5-4-8-11(12)10-6-2-1-3-7-10;/h1-9H,(H2,13,14,15);1H4. The molecule has 0 saturated carbocycles. The second-order valence-corrected chi connectivity index (χ2v) is 4.94. The second-order valence-electron chi connectivity index (χ2n) is 3.41. The van der Waals surface area contributed by atoms with E-state index in [1.807, 2.05) is 30.3 Å². The molecule has 0 heterocycles. The van der Waals surface area contributed by atoms with Gasteiger partial charge in [0, 0.05) is 5.56 Å². The monoisotopic (exact) mass is 249 g/mol. The zero-order chi connectivity index (χ0) is 11.6. The lowest BCUT2D eigenvalue weighted by atomic mass is 10.1. The van der Waals surface area contributed by atoms with Gasteiger partial charge >= 0.3 is 0 Å². The maximum absolute atomic E-state index is 11.4. The van der Waals surface area contributed by atoms with Gasteiger partial charge in [0.15, 0.2) is 0 Å². The third-order valence-corrected chi connectivity index (χ3v) is 3.25. The number of benzene rings is 2. The van der Waals surface area contributed by atoms with Crippen LogP contribution >= 0.6 is 0 Å². The Labute approximate surface area is 102 Å². The molecule has 0 aliphatic rings. The maximum atomic E-state index is 11.4. The van der Waals surface area contributed by atoms with E-state index in [-0.39, 0.29) is 12.3 Å². The molecule has 0 spiro atoms. The maximum Gasteiger partial charge on any atom is 0.238 e. The molecule has 0 radical (unpaired) electrons. The number of hydrogen-bond acceptors (Lipinski definition) is 2. The number of nitrogens with two attached hydrogens (primary N) is 1. The minimum atomic E-state index is -3.68. The molecule has 4 heteroatoms. The van der Waals surface area contributed by atoms with Crippen LogP contribution in [0.5, 0.6) is 0 Å². The number of sulfonamides is 1. The van der Waals surface area contributed by atoms with Crippen LogP contribution in [0.15, 0.2) is 59.5 Å². The molecule has 0 atom stereocenters. The molecule has 2 N–H and O–H groups in total.